The van der Waals surface area contributed by atoms with Gasteiger partial charge in [0.1, 0.15) is 10.0 Å². The summed E-state index contributed by atoms with van der Waals surface area (Å²) in [5.74, 6) is 4.25. The first kappa shape index (κ1) is 16.2. The lowest BCUT2D eigenvalue weighted by Gasteiger charge is -2.19. The Kier molecular flexibility index (Phi) is 7.31. The molecule has 3 nitrogen and oxygen atoms in total. The van der Waals surface area contributed by atoms with Crippen LogP contribution in [-0.4, -0.2) is 34.8 Å². The molecule has 0 atom stereocenters. The van der Waals surface area contributed by atoms with Crippen LogP contribution in [0.1, 0.15) is 43.1 Å². The van der Waals surface area contributed by atoms with E-state index in [1.54, 1.807) is 0 Å². The standard InChI is InChI=1S/C15H27N3S2/c1-12(2)11-16-7-3-4-14-17-18-15(20-14)10-13-5-8-19-9-6-13/h12-13,16H,3-11H2,1-2H3. The molecule has 2 rings (SSSR count). The van der Waals surface area contributed by atoms with Gasteiger partial charge >= 0.3 is 0 Å². The molecule has 1 saturated heterocycles. The molecule has 0 unspecified atom stereocenters. The van der Waals surface area contributed by atoms with Gasteiger partial charge in [-0.25, -0.2) is 0 Å². The van der Waals surface area contributed by atoms with Gasteiger partial charge < -0.3 is 5.32 Å². The maximum absolute atomic E-state index is 4.38. The summed E-state index contributed by atoms with van der Waals surface area (Å²) in [5, 5.41) is 14.7. The van der Waals surface area contributed by atoms with Crippen LogP contribution in [-0.2, 0) is 12.8 Å². The van der Waals surface area contributed by atoms with Crippen molar-refractivity contribution >= 4 is 23.1 Å². The van der Waals surface area contributed by atoms with Crippen molar-refractivity contribution in [1.29, 1.82) is 0 Å². The van der Waals surface area contributed by atoms with Crippen LogP contribution in [0.2, 0.25) is 0 Å². The van der Waals surface area contributed by atoms with Gasteiger partial charge in [-0.3, -0.25) is 0 Å². The fourth-order valence-corrected chi connectivity index (χ4v) is 4.63. The Balaban J connectivity index is 1.64. The van der Waals surface area contributed by atoms with E-state index in [9.17, 15) is 0 Å². The fraction of sp³-hybridized carbons (Fsp3) is 0.867. The maximum Gasteiger partial charge on any atom is 0.117 e. The zero-order chi connectivity index (χ0) is 14.2. The smallest absolute Gasteiger partial charge is 0.117 e. The Labute approximate surface area is 131 Å². The molecule has 0 aromatic carbocycles. The van der Waals surface area contributed by atoms with Crippen molar-refractivity contribution in [3.63, 3.8) is 0 Å². The molecule has 1 aliphatic rings. The summed E-state index contributed by atoms with van der Waals surface area (Å²) in [7, 11) is 0. The molecule has 5 heteroatoms. The number of rotatable bonds is 8. The highest BCUT2D eigenvalue weighted by Gasteiger charge is 2.16. The molecule has 0 spiro atoms. The molecule has 0 aliphatic carbocycles. The molecular formula is C15H27N3S2. The van der Waals surface area contributed by atoms with E-state index in [-0.39, 0.29) is 0 Å². The molecule has 1 aromatic rings. The Morgan fingerprint density at radius 2 is 1.95 bits per heavy atom. The molecule has 0 saturated carbocycles. The van der Waals surface area contributed by atoms with E-state index in [0.717, 1.165) is 37.8 Å². The zero-order valence-electron chi connectivity index (χ0n) is 12.7. The number of aromatic nitrogens is 2. The van der Waals surface area contributed by atoms with E-state index in [2.05, 4.69) is 41.1 Å². The van der Waals surface area contributed by atoms with E-state index in [1.165, 1.54) is 40.8 Å². The van der Waals surface area contributed by atoms with Crippen LogP contribution in [0.5, 0.6) is 0 Å². The summed E-state index contributed by atoms with van der Waals surface area (Å²) >= 11 is 3.93. The predicted molar refractivity (Wildman–Crippen MR) is 89.7 cm³/mol. The summed E-state index contributed by atoms with van der Waals surface area (Å²) in [6.07, 6.45) is 6.12. The molecule has 0 bridgehead atoms. The topological polar surface area (TPSA) is 37.8 Å². The quantitative estimate of drug-likeness (QED) is 0.747. The third-order valence-corrected chi connectivity index (χ3v) is 5.66. The van der Waals surface area contributed by atoms with Crippen molar-refractivity contribution in [3.05, 3.63) is 10.0 Å². The van der Waals surface area contributed by atoms with Gasteiger partial charge in [-0.2, -0.15) is 11.8 Å². The second kappa shape index (κ2) is 9.00. The largest absolute Gasteiger partial charge is 0.316 e. The van der Waals surface area contributed by atoms with Gasteiger partial charge in [-0.05, 0) is 55.7 Å². The molecular weight excluding hydrogens is 286 g/mol. The summed E-state index contributed by atoms with van der Waals surface area (Å²) in [6.45, 7) is 6.69. The average Bonchev–Trinajstić information content (AvgIpc) is 2.87. The number of nitrogens with zero attached hydrogens (tertiary/aromatic N) is 2. The molecule has 114 valence electrons. The molecule has 0 radical (unpaired) electrons. The van der Waals surface area contributed by atoms with Crippen LogP contribution in [0.25, 0.3) is 0 Å². The fourth-order valence-electron chi connectivity index (χ4n) is 2.42. The number of thioether (sulfide) groups is 1. The Bertz CT molecular complexity index is 373. The highest BCUT2D eigenvalue weighted by atomic mass is 32.2. The first-order valence-corrected chi connectivity index (χ1v) is 9.81. The normalized spacial score (nSPS) is 16.9. The monoisotopic (exact) mass is 313 g/mol. The van der Waals surface area contributed by atoms with Crippen LogP contribution < -0.4 is 5.32 Å². The Morgan fingerprint density at radius 3 is 2.70 bits per heavy atom. The van der Waals surface area contributed by atoms with E-state index >= 15 is 0 Å². The highest BCUT2D eigenvalue weighted by Crippen LogP contribution is 2.26. The van der Waals surface area contributed by atoms with Crippen molar-refractivity contribution < 1.29 is 0 Å². The lowest BCUT2D eigenvalue weighted by Crippen LogP contribution is -2.21. The first-order chi connectivity index (χ1) is 9.74. The third-order valence-electron chi connectivity index (χ3n) is 3.61. The van der Waals surface area contributed by atoms with Gasteiger partial charge in [-0.1, -0.05) is 13.8 Å². The third kappa shape index (κ3) is 6.10. The summed E-state index contributed by atoms with van der Waals surface area (Å²) in [4.78, 5) is 0. The zero-order valence-corrected chi connectivity index (χ0v) is 14.4. The Morgan fingerprint density at radius 1 is 1.20 bits per heavy atom. The van der Waals surface area contributed by atoms with Gasteiger partial charge in [0.25, 0.3) is 0 Å². The minimum Gasteiger partial charge on any atom is -0.316 e. The van der Waals surface area contributed by atoms with Crippen LogP contribution >= 0.6 is 23.1 Å². The Hall–Kier alpha value is -0.130. The average molecular weight is 314 g/mol. The van der Waals surface area contributed by atoms with Crippen molar-refractivity contribution in [1.82, 2.24) is 15.5 Å². The minimum absolute atomic E-state index is 0.733. The van der Waals surface area contributed by atoms with Gasteiger partial charge in [0.2, 0.25) is 0 Å². The number of hydrogen-bond acceptors (Lipinski definition) is 5. The van der Waals surface area contributed by atoms with Gasteiger partial charge in [0.15, 0.2) is 0 Å². The molecule has 1 fully saturated rings. The van der Waals surface area contributed by atoms with Crippen molar-refractivity contribution in [2.24, 2.45) is 11.8 Å². The second-order valence-electron chi connectivity index (χ2n) is 6.05. The molecule has 1 N–H and O–H groups in total. The maximum atomic E-state index is 4.38. The second-order valence-corrected chi connectivity index (χ2v) is 8.42. The van der Waals surface area contributed by atoms with E-state index in [4.69, 9.17) is 0 Å². The van der Waals surface area contributed by atoms with Crippen molar-refractivity contribution in [2.75, 3.05) is 24.6 Å². The lowest BCUT2D eigenvalue weighted by atomic mass is 9.99. The van der Waals surface area contributed by atoms with Crippen molar-refractivity contribution in [3.8, 4) is 0 Å². The molecule has 20 heavy (non-hydrogen) atoms. The van der Waals surface area contributed by atoms with Crippen LogP contribution in [0, 0.1) is 11.8 Å². The number of aryl methyl sites for hydroxylation is 1. The van der Waals surface area contributed by atoms with Crippen molar-refractivity contribution in [2.45, 2.75) is 46.0 Å². The molecule has 2 heterocycles. The van der Waals surface area contributed by atoms with E-state index < -0.39 is 0 Å². The van der Waals surface area contributed by atoms with Gasteiger partial charge in [-0.15, -0.1) is 21.5 Å². The van der Waals surface area contributed by atoms with Gasteiger partial charge in [0.05, 0.1) is 0 Å². The van der Waals surface area contributed by atoms with Gasteiger partial charge in [0, 0.05) is 12.8 Å². The number of nitrogens with one attached hydrogen (secondary N) is 1. The molecule has 1 aliphatic heterocycles. The van der Waals surface area contributed by atoms with Crippen LogP contribution in [0.3, 0.4) is 0 Å². The molecule has 1 aromatic heterocycles. The SMILES string of the molecule is CC(C)CNCCCc1nnc(CC2CCSCC2)s1. The van der Waals surface area contributed by atoms with E-state index in [0.29, 0.717) is 0 Å². The molecule has 0 amide bonds. The highest BCUT2D eigenvalue weighted by molar-refractivity contribution is 7.99. The first-order valence-electron chi connectivity index (χ1n) is 7.83. The van der Waals surface area contributed by atoms with Crippen LogP contribution in [0.4, 0.5) is 0 Å². The lowest BCUT2D eigenvalue weighted by molar-refractivity contribution is 0.485. The van der Waals surface area contributed by atoms with E-state index in [1.807, 2.05) is 11.3 Å². The summed E-state index contributed by atoms with van der Waals surface area (Å²) in [6, 6.07) is 0. The predicted octanol–water partition coefficient (Wildman–Crippen LogP) is 3.40. The summed E-state index contributed by atoms with van der Waals surface area (Å²) < 4.78 is 0. The minimum atomic E-state index is 0.733. The number of hydrogen-bond donors (Lipinski definition) is 1. The summed E-state index contributed by atoms with van der Waals surface area (Å²) in [5.41, 5.74) is 0. The van der Waals surface area contributed by atoms with Crippen LogP contribution in [0.15, 0.2) is 0 Å².